The van der Waals surface area contributed by atoms with Gasteiger partial charge in [-0.3, -0.25) is 4.79 Å². The highest BCUT2D eigenvalue weighted by Gasteiger charge is 2.29. The summed E-state index contributed by atoms with van der Waals surface area (Å²) >= 11 is 7.67. The summed E-state index contributed by atoms with van der Waals surface area (Å²) in [7, 11) is 0. The predicted molar refractivity (Wildman–Crippen MR) is 108 cm³/mol. The number of nitrogens with zero attached hydrogens (tertiary/aromatic N) is 1. The molecule has 27 heavy (non-hydrogen) atoms. The van der Waals surface area contributed by atoms with E-state index in [9.17, 15) is 4.79 Å². The van der Waals surface area contributed by atoms with Gasteiger partial charge in [0.1, 0.15) is 5.75 Å². The smallest absolute Gasteiger partial charge is 0.265 e. The fraction of sp³-hybridized carbons (Fsp3) is 0.143. The molecule has 1 unspecified atom stereocenters. The average molecular weight is 397 g/mol. The second-order valence-corrected chi connectivity index (χ2v) is 7.64. The first-order chi connectivity index (χ1) is 13.2. The fourth-order valence-corrected chi connectivity index (χ4v) is 3.91. The summed E-state index contributed by atoms with van der Waals surface area (Å²) in [6.07, 6.45) is 1.77. The Balaban J connectivity index is 1.37. The second kappa shape index (κ2) is 8.03. The molecule has 1 atom stereocenters. The van der Waals surface area contributed by atoms with Gasteiger partial charge in [0.2, 0.25) is 0 Å². The van der Waals surface area contributed by atoms with Crippen molar-refractivity contribution in [2.75, 3.05) is 5.32 Å². The lowest BCUT2D eigenvalue weighted by Crippen LogP contribution is -2.31. The summed E-state index contributed by atoms with van der Waals surface area (Å²) in [6, 6.07) is 19.1. The van der Waals surface area contributed by atoms with Gasteiger partial charge in [0.25, 0.3) is 5.91 Å². The number of anilines is 1. The molecule has 2 aromatic carbocycles. The molecular formula is C21H17ClN2O2S. The molecule has 1 aromatic heterocycles. The lowest BCUT2D eigenvalue weighted by Gasteiger charge is -2.12. The summed E-state index contributed by atoms with van der Waals surface area (Å²) < 4.78 is 5.75. The SMILES string of the molecule is O=C(Nc1cccc(CSc2ccccn2)c1)C1Cc2cc(Cl)ccc2O1. The van der Waals surface area contributed by atoms with Crippen LogP contribution < -0.4 is 10.1 Å². The van der Waals surface area contributed by atoms with E-state index >= 15 is 0 Å². The van der Waals surface area contributed by atoms with Crippen molar-refractivity contribution >= 4 is 35.0 Å². The number of hydrogen-bond donors (Lipinski definition) is 1. The fourth-order valence-electron chi connectivity index (χ4n) is 2.91. The number of halogens is 1. The molecule has 0 bridgehead atoms. The van der Waals surface area contributed by atoms with Crippen LogP contribution in [0.15, 0.2) is 71.9 Å². The topological polar surface area (TPSA) is 51.2 Å². The third-order valence-electron chi connectivity index (χ3n) is 4.21. The summed E-state index contributed by atoms with van der Waals surface area (Å²) in [5, 5.41) is 4.57. The van der Waals surface area contributed by atoms with Crippen LogP contribution in [0.5, 0.6) is 5.75 Å². The maximum absolute atomic E-state index is 12.6. The molecule has 1 aliphatic rings. The van der Waals surface area contributed by atoms with Crippen molar-refractivity contribution in [1.29, 1.82) is 0 Å². The molecule has 1 amide bonds. The van der Waals surface area contributed by atoms with Gasteiger partial charge < -0.3 is 10.1 Å². The Morgan fingerprint density at radius 1 is 1.19 bits per heavy atom. The van der Waals surface area contributed by atoms with Crippen LogP contribution in [0.3, 0.4) is 0 Å². The summed E-state index contributed by atoms with van der Waals surface area (Å²) in [6.45, 7) is 0. The van der Waals surface area contributed by atoms with Crippen LogP contribution in [0, 0.1) is 0 Å². The quantitative estimate of drug-likeness (QED) is 0.618. The van der Waals surface area contributed by atoms with Crippen LogP contribution in [0.25, 0.3) is 0 Å². The van der Waals surface area contributed by atoms with Crippen molar-refractivity contribution < 1.29 is 9.53 Å². The van der Waals surface area contributed by atoms with E-state index in [1.54, 1.807) is 30.1 Å². The number of fused-ring (bicyclic) bond motifs is 1. The van der Waals surface area contributed by atoms with Crippen molar-refractivity contribution in [2.45, 2.75) is 23.3 Å². The van der Waals surface area contributed by atoms with Crippen molar-refractivity contribution in [1.82, 2.24) is 4.98 Å². The Labute approximate surface area is 166 Å². The molecule has 1 aliphatic heterocycles. The number of carbonyl (C=O) groups excluding carboxylic acids is 1. The lowest BCUT2D eigenvalue weighted by molar-refractivity contribution is -0.122. The number of benzene rings is 2. The van der Waals surface area contributed by atoms with Crippen LogP contribution in [-0.2, 0) is 17.0 Å². The zero-order chi connectivity index (χ0) is 18.6. The maximum atomic E-state index is 12.6. The Morgan fingerprint density at radius 2 is 2.11 bits per heavy atom. The van der Waals surface area contributed by atoms with Crippen molar-refractivity contribution in [3.8, 4) is 5.75 Å². The minimum Gasteiger partial charge on any atom is -0.480 e. The lowest BCUT2D eigenvalue weighted by atomic mass is 10.1. The van der Waals surface area contributed by atoms with E-state index in [2.05, 4.69) is 10.3 Å². The highest BCUT2D eigenvalue weighted by Crippen LogP contribution is 2.31. The first kappa shape index (κ1) is 17.9. The van der Waals surface area contributed by atoms with Gasteiger partial charge in [-0.1, -0.05) is 29.8 Å². The molecule has 136 valence electrons. The van der Waals surface area contributed by atoms with Crippen LogP contribution in [-0.4, -0.2) is 17.0 Å². The normalized spacial score (nSPS) is 15.1. The zero-order valence-electron chi connectivity index (χ0n) is 14.4. The van der Waals surface area contributed by atoms with Gasteiger partial charge in [0, 0.05) is 29.1 Å². The third-order valence-corrected chi connectivity index (χ3v) is 5.46. The van der Waals surface area contributed by atoms with Crippen molar-refractivity contribution in [3.05, 3.63) is 83.0 Å². The van der Waals surface area contributed by atoms with E-state index in [0.717, 1.165) is 33.3 Å². The highest BCUT2D eigenvalue weighted by molar-refractivity contribution is 7.98. The summed E-state index contributed by atoms with van der Waals surface area (Å²) in [4.78, 5) is 16.9. The Bertz CT molecular complexity index is 965. The average Bonchev–Trinajstić information content (AvgIpc) is 3.11. The number of rotatable bonds is 5. The van der Waals surface area contributed by atoms with Gasteiger partial charge in [-0.15, -0.1) is 11.8 Å². The molecule has 0 radical (unpaired) electrons. The molecule has 0 saturated heterocycles. The van der Waals surface area contributed by atoms with Crippen LogP contribution in [0.4, 0.5) is 5.69 Å². The molecule has 0 aliphatic carbocycles. The van der Waals surface area contributed by atoms with E-state index in [1.165, 1.54) is 0 Å². The van der Waals surface area contributed by atoms with Gasteiger partial charge >= 0.3 is 0 Å². The van der Waals surface area contributed by atoms with E-state index in [4.69, 9.17) is 16.3 Å². The van der Waals surface area contributed by atoms with E-state index in [1.807, 2.05) is 48.5 Å². The number of ether oxygens (including phenoxy) is 1. The molecule has 4 rings (SSSR count). The highest BCUT2D eigenvalue weighted by atomic mass is 35.5. The number of aromatic nitrogens is 1. The van der Waals surface area contributed by atoms with Crippen LogP contribution in [0.1, 0.15) is 11.1 Å². The zero-order valence-corrected chi connectivity index (χ0v) is 16.0. The number of amides is 1. The maximum Gasteiger partial charge on any atom is 0.265 e. The second-order valence-electron chi connectivity index (χ2n) is 6.21. The predicted octanol–water partition coefficient (Wildman–Crippen LogP) is 4.97. The number of carbonyl (C=O) groups is 1. The molecule has 3 aromatic rings. The van der Waals surface area contributed by atoms with Gasteiger partial charge in [0.05, 0.1) is 5.03 Å². The largest absolute Gasteiger partial charge is 0.480 e. The number of nitrogens with one attached hydrogen (secondary N) is 1. The molecule has 0 spiro atoms. The molecule has 1 N–H and O–H groups in total. The van der Waals surface area contributed by atoms with E-state index in [-0.39, 0.29) is 5.91 Å². The minimum atomic E-state index is -0.537. The molecule has 2 heterocycles. The molecule has 0 fully saturated rings. The summed E-state index contributed by atoms with van der Waals surface area (Å²) in [5.41, 5.74) is 2.84. The van der Waals surface area contributed by atoms with E-state index in [0.29, 0.717) is 11.4 Å². The van der Waals surface area contributed by atoms with Crippen LogP contribution >= 0.6 is 23.4 Å². The van der Waals surface area contributed by atoms with Crippen molar-refractivity contribution in [3.63, 3.8) is 0 Å². The van der Waals surface area contributed by atoms with Gasteiger partial charge in [0.15, 0.2) is 6.10 Å². The van der Waals surface area contributed by atoms with Gasteiger partial charge in [-0.25, -0.2) is 4.98 Å². The monoisotopic (exact) mass is 396 g/mol. The van der Waals surface area contributed by atoms with Gasteiger partial charge in [-0.05, 0) is 53.6 Å². The minimum absolute atomic E-state index is 0.156. The molecule has 6 heteroatoms. The Hall–Kier alpha value is -2.50. The standard InChI is InChI=1S/C21H17ClN2O2S/c22-16-7-8-18-15(11-16)12-19(26-18)21(25)24-17-5-3-4-14(10-17)13-27-20-6-1-2-9-23-20/h1-11,19H,12-13H2,(H,24,25). The molecular weight excluding hydrogens is 380 g/mol. The Morgan fingerprint density at radius 3 is 2.96 bits per heavy atom. The summed E-state index contributed by atoms with van der Waals surface area (Å²) in [5.74, 6) is 1.35. The number of hydrogen-bond acceptors (Lipinski definition) is 4. The third kappa shape index (κ3) is 4.43. The van der Waals surface area contributed by atoms with E-state index < -0.39 is 6.10 Å². The Kier molecular flexibility index (Phi) is 5.32. The first-order valence-electron chi connectivity index (χ1n) is 8.56. The first-order valence-corrected chi connectivity index (χ1v) is 9.92. The molecule has 0 saturated carbocycles. The van der Waals surface area contributed by atoms with Crippen LogP contribution in [0.2, 0.25) is 5.02 Å². The number of pyridine rings is 1. The molecule has 4 nitrogen and oxygen atoms in total. The van der Waals surface area contributed by atoms with Gasteiger partial charge in [-0.2, -0.15) is 0 Å². The number of thioether (sulfide) groups is 1. The van der Waals surface area contributed by atoms with Crippen molar-refractivity contribution in [2.24, 2.45) is 0 Å².